The first-order chi connectivity index (χ1) is 9.74. The summed E-state index contributed by atoms with van der Waals surface area (Å²) in [7, 11) is 0. The Bertz CT molecular complexity index is 609. The van der Waals surface area contributed by atoms with Crippen molar-refractivity contribution in [1.82, 2.24) is 10.3 Å². The van der Waals surface area contributed by atoms with E-state index in [0.29, 0.717) is 5.25 Å². The zero-order chi connectivity index (χ0) is 14.0. The van der Waals surface area contributed by atoms with E-state index in [2.05, 4.69) is 53.6 Å². The van der Waals surface area contributed by atoms with Gasteiger partial charge in [-0.15, -0.1) is 11.8 Å². The van der Waals surface area contributed by atoms with E-state index in [-0.39, 0.29) is 5.54 Å². The number of H-pyrrole nitrogens is 1. The van der Waals surface area contributed by atoms with Crippen molar-refractivity contribution in [2.45, 2.75) is 42.0 Å². The SMILES string of the molecule is CCNC1(C#N)CCC(Sc2cc3ccccc3[nH]2)C1. The van der Waals surface area contributed by atoms with Gasteiger partial charge in [-0.1, -0.05) is 25.1 Å². The molecule has 0 radical (unpaired) electrons. The minimum atomic E-state index is -0.307. The molecule has 0 saturated heterocycles. The minimum absolute atomic E-state index is 0.307. The summed E-state index contributed by atoms with van der Waals surface area (Å²) >= 11 is 1.87. The van der Waals surface area contributed by atoms with E-state index in [0.717, 1.165) is 25.8 Å². The molecule has 1 aliphatic carbocycles. The zero-order valence-electron chi connectivity index (χ0n) is 11.6. The third kappa shape index (κ3) is 2.56. The van der Waals surface area contributed by atoms with Crippen molar-refractivity contribution in [3.8, 4) is 6.07 Å². The average Bonchev–Trinajstić information content (AvgIpc) is 3.04. The molecule has 2 atom stereocenters. The lowest BCUT2D eigenvalue weighted by molar-refractivity contribution is 0.436. The second-order valence-electron chi connectivity index (χ2n) is 5.43. The molecule has 104 valence electrons. The number of nitrogens with zero attached hydrogens (tertiary/aromatic N) is 1. The normalized spacial score (nSPS) is 25.9. The van der Waals surface area contributed by atoms with Gasteiger partial charge in [0.05, 0.1) is 11.1 Å². The van der Waals surface area contributed by atoms with E-state index >= 15 is 0 Å². The number of para-hydroxylation sites is 1. The van der Waals surface area contributed by atoms with Crippen molar-refractivity contribution in [3.05, 3.63) is 30.3 Å². The van der Waals surface area contributed by atoms with Crippen molar-refractivity contribution >= 4 is 22.7 Å². The fraction of sp³-hybridized carbons (Fsp3) is 0.438. The van der Waals surface area contributed by atoms with Crippen LogP contribution in [0, 0.1) is 11.3 Å². The molecule has 2 N–H and O–H groups in total. The van der Waals surface area contributed by atoms with Crippen molar-refractivity contribution < 1.29 is 0 Å². The number of nitrogens with one attached hydrogen (secondary N) is 2. The molecule has 1 aliphatic rings. The second kappa shape index (κ2) is 5.51. The molecule has 1 saturated carbocycles. The molecule has 1 heterocycles. The van der Waals surface area contributed by atoms with Crippen LogP contribution in [0.4, 0.5) is 0 Å². The highest BCUT2D eigenvalue weighted by Crippen LogP contribution is 2.40. The van der Waals surface area contributed by atoms with E-state index in [1.165, 1.54) is 15.9 Å². The maximum absolute atomic E-state index is 9.42. The Morgan fingerprint density at radius 1 is 1.50 bits per heavy atom. The molecule has 20 heavy (non-hydrogen) atoms. The summed E-state index contributed by atoms with van der Waals surface area (Å²) < 4.78 is 0. The van der Waals surface area contributed by atoms with Gasteiger partial charge in [0.2, 0.25) is 0 Å². The highest BCUT2D eigenvalue weighted by molar-refractivity contribution is 7.99. The molecule has 4 heteroatoms. The lowest BCUT2D eigenvalue weighted by atomic mass is 10.0. The number of aromatic nitrogens is 1. The van der Waals surface area contributed by atoms with Gasteiger partial charge in [-0.2, -0.15) is 5.26 Å². The highest BCUT2D eigenvalue weighted by atomic mass is 32.2. The molecule has 1 fully saturated rings. The molecule has 0 spiro atoms. The van der Waals surface area contributed by atoms with Gasteiger partial charge in [-0.05, 0) is 37.9 Å². The predicted octanol–water partition coefficient (Wildman–Crippen LogP) is 3.68. The number of hydrogen-bond donors (Lipinski definition) is 2. The molecule has 0 amide bonds. The Labute approximate surface area is 123 Å². The Kier molecular flexibility index (Phi) is 3.73. The van der Waals surface area contributed by atoms with Crippen molar-refractivity contribution in [2.75, 3.05) is 6.54 Å². The Hall–Kier alpha value is -1.44. The van der Waals surface area contributed by atoms with Crippen LogP contribution in [0.15, 0.2) is 35.4 Å². The summed E-state index contributed by atoms with van der Waals surface area (Å²) in [5.41, 5.74) is 0.879. The standard InChI is InChI=1S/C16H19N3S/c1-2-18-16(11-17)8-7-13(10-16)20-15-9-12-5-3-4-6-14(12)19-15/h3-6,9,13,18-19H,2,7-8,10H2,1H3. The maximum Gasteiger partial charge on any atom is 0.107 e. The van der Waals surface area contributed by atoms with E-state index in [9.17, 15) is 5.26 Å². The van der Waals surface area contributed by atoms with E-state index in [1.807, 2.05) is 11.8 Å². The van der Waals surface area contributed by atoms with Crippen LogP contribution >= 0.6 is 11.8 Å². The molecule has 2 aromatic rings. The fourth-order valence-electron chi connectivity index (χ4n) is 3.03. The van der Waals surface area contributed by atoms with Crippen LogP contribution in [0.1, 0.15) is 26.2 Å². The molecule has 1 aromatic carbocycles. The van der Waals surface area contributed by atoms with Gasteiger partial charge in [0.25, 0.3) is 0 Å². The molecule has 3 rings (SSSR count). The zero-order valence-corrected chi connectivity index (χ0v) is 12.5. The molecule has 2 unspecified atom stereocenters. The van der Waals surface area contributed by atoms with Crippen LogP contribution in [-0.4, -0.2) is 22.3 Å². The summed E-state index contributed by atoms with van der Waals surface area (Å²) in [6.45, 7) is 2.93. The van der Waals surface area contributed by atoms with Gasteiger partial charge >= 0.3 is 0 Å². The average molecular weight is 285 g/mol. The van der Waals surface area contributed by atoms with Gasteiger partial charge in [-0.3, -0.25) is 5.32 Å². The van der Waals surface area contributed by atoms with Crippen molar-refractivity contribution in [3.63, 3.8) is 0 Å². The molecular formula is C16H19N3S. The van der Waals surface area contributed by atoms with Crippen LogP contribution in [0.5, 0.6) is 0 Å². The lowest BCUT2D eigenvalue weighted by Crippen LogP contribution is -2.41. The number of nitriles is 1. The van der Waals surface area contributed by atoms with E-state index in [1.54, 1.807) is 0 Å². The topological polar surface area (TPSA) is 51.6 Å². The fourth-order valence-corrected chi connectivity index (χ4v) is 4.36. The quantitative estimate of drug-likeness (QED) is 0.901. The van der Waals surface area contributed by atoms with Crippen LogP contribution in [-0.2, 0) is 0 Å². The van der Waals surface area contributed by atoms with Crippen LogP contribution in [0.25, 0.3) is 10.9 Å². The number of aromatic amines is 1. The summed E-state index contributed by atoms with van der Waals surface area (Å²) in [5.74, 6) is 0. The summed E-state index contributed by atoms with van der Waals surface area (Å²) in [5, 5.41) is 15.8. The second-order valence-corrected chi connectivity index (χ2v) is 6.77. The van der Waals surface area contributed by atoms with Crippen LogP contribution < -0.4 is 5.32 Å². The van der Waals surface area contributed by atoms with Crippen molar-refractivity contribution in [2.24, 2.45) is 0 Å². The lowest BCUT2D eigenvalue weighted by Gasteiger charge is -2.21. The van der Waals surface area contributed by atoms with Gasteiger partial charge in [0, 0.05) is 16.2 Å². The third-order valence-electron chi connectivity index (χ3n) is 4.00. The first-order valence-electron chi connectivity index (χ1n) is 7.15. The molecule has 3 nitrogen and oxygen atoms in total. The number of rotatable bonds is 4. The number of thioether (sulfide) groups is 1. The third-order valence-corrected chi connectivity index (χ3v) is 5.21. The Balaban J connectivity index is 1.71. The number of fused-ring (bicyclic) bond motifs is 1. The molecule has 1 aromatic heterocycles. The van der Waals surface area contributed by atoms with Gasteiger partial charge < -0.3 is 4.98 Å². The minimum Gasteiger partial charge on any atom is -0.350 e. The molecular weight excluding hydrogens is 266 g/mol. The number of hydrogen-bond acceptors (Lipinski definition) is 3. The van der Waals surface area contributed by atoms with Crippen molar-refractivity contribution in [1.29, 1.82) is 5.26 Å². The smallest absolute Gasteiger partial charge is 0.107 e. The van der Waals surface area contributed by atoms with Crippen LogP contribution in [0.3, 0.4) is 0 Å². The van der Waals surface area contributed by atoms with Gasteiger partial charge in [0.15, 0.2) is 0 Å². The number of benzene rings is 1. The van der Waals surface area contributed by atoms with E-state index < -0.39 is 0 Å². The van der Waals surface area contributed by atoms with Gasteiger partial charge in [0.1, 0.15) is 5.54 Å². The predicted molar refractivity (Wildman–Crippen MR) is 83.8 cm³/mol. The Morgan fingerprint density at radius 2 is 2.35 bits per heavy atom. The monoisotopic (exact) mass is 285 g/mol. The summed E-state index contributed by atoms with van der Waals surface area (Å²) in [6, 6.07) is 13.0. The van der Waals surface area contributed by atoms with Crippen LogP contribution in [0.2, 0.25) is 0 Å². The largest absolute Gasteiger partial charge is 0.350 e. The molecule has 0 aliphatic heterocycles. The summed E-state index contributed by atoms with van der Waals surface area (Å²) in [4.78, 5) is 3.46. The highest BCUT2D eigenvalue weighted by Gasteiger charge is 2.39. The summed E-state index contributed by atoms with van der Waals surface area (Å²) in [6.07, 6.45) is 2.98. The maximum atomic E-state index is 9.42. The first kappa shape index (κ1) is 13.5. The first-order valence-corrected chi connectivity index (χ1v) is 8.03. The van der Waals surface area contributed by atoms with Gasteiger partial charge in [-0.25, -0.2) is 0 Å². The Morgan fingerprint density at radius 3 is 3.10 bits per heavy atom. The van der Waals surface area contributed by atoms with E-state index in [4.69, 9.17) is 0 Å². The molecule has 0 bridgehead atoms.